The number of hydrogen-bond acceptors (Lipinski definition) is 3. The van der Waals surface area contributed by atoms with E-state index < -0.39 is 0 Å². The molecule has 0 saturated heterocycles. The number of nitrogens with zero attached hydrogens (tertiary/aromatic N) is 2. The van der Waals surface area contributed by atoms with Crippen molar-refractivity contribution in [2.45, 2.75) is 38.8 Å². The predicted molar refractivity (Wildman–Crippen MR) is 78.8 cm³/mol. The molecule has 1 aliphatic heterocycles. The van der Waals surface area contributed by atoms with E-state index in [9.17, 15) is 0 Å². The van der Waals surface area contributed by atoms with Gasteiger partial charge in [0.2, 0.25) is 0 Å². The summed E-state index contributed by atoms with van der Waals surface area (Å²) in [6, 6.07) is 10.6. The third kappa shape index (κ3) is 2.11. The van der Waals surface area contributed by atoms with Crippen molar-refractivity contribution in [1.82, 2.24) is 4.90 Å². The summed E-state index contributed by atoms with van der Waals surface area (Å²) in [5, 5.41) is 0. The van der Waals surface area contributed by atoms with Crippen LogP contribution in [0.25, 0.3) is 0 Å². The SMILES string of the molecule is CC(C)C1CC2(CN=C(N)N2Cc2ccccc2)C1. The van der Waals surface area contributed by atoms with Crippen molar-refractivity contribution in [2.75, 3.05) is 6.54 Å². The van der Waals surface area contributed by atoms with Gasteiger partial charge < -0.3 is 10.6 Å². The van der Waals surface area contributed by atoms with Gasteiger partial charge >= 0.3 is 0 Å². The quantitative estimate of drug-likeness (QED) is 0.904. The van der Waals surface area contributed by atoms with Gasteiger partial charge in [-0.3, -0.25) is 4.99 Å². The van der Waals surface area contributed by atoms with Crippen molar-refractivity contribution in [3.63, 3.8) is 0 Å². The molecule has 1 aromatic rings. The first-order valence-electron chi connectivity index (χ1n) is 7.22. The van der Waals surface area contributed by atoms with Crippen LogP contribution in [-0.4, -0.2) is 22.9 Å². The Kier molecular flexibility index (Phi) is 3.00. The van der Waals surface area contributed by atoms with Gasteiger partial charge in [0.1, 0.15) is 0 Å². The zero-order valence-corrected chi connectivity index (χ0v) is 11.8. The van der Waals surface area contributed by atoms with E-state index in [-0.39, 0.29) is 5.54 Å². The molecule has 0 unspecified atom stereocenters. The fraction of sp³-hybridized carbons (Fsp3) is 0.562. The van der Waals surface area contributed by atoms with E-state index >= 15 is 0 Å². The van der Waals surface area contributed by atoms with Crippen LogP contribution >= 0.6 is 0 Å². The van der Waals surface area contributed by atoms with Gasteiger partial charge in [-0.25, -0.2) is 0 Å². The minimum absolute atomic E-state index is 0.217. The summed E-state index contributed by atoms with van der Waals surface area (Å²) < 4.78 is 0. The number of benzene rings is 1. The minimum atomic E-state index is 0.217. The second kappa shape index (κ2) is 4.55. The van der Waals surface area contributed by atoms with Crippen molar-refractivity contribution < 1.29 is 0 Å². The summed E-state index contributed by atoms with van der Waals surface area (Å²) in [6.45, 7) is 6.41. The average molecular weight is 257 g/mol. The molecule has 3 rings (SSSR count). The van der Waals surface area contributed by atoms with Crippen molar-refractivity contribution in [3.05, 3.63) is 35.9 Å². The lowest BCUT2D eigenvalue weighted by molar-refractivity contribution is 0.0144. The van der Waals surface area contributed by atoms with Crippen molar-refractivity contribution in [2.24, 2.45) is 22.6 Å². The minimum Gasteiger partial charge on any atom is -0.370 e. The zero-order valence-electron chi connectivity index (χ0n) is 11.8. The van der Waals surface area contributed by atoms with Gasteiger partial charge in [0.15, 0.2) is 5.96 Å². The number of guanidine groups is 1. The highest BCUT2D eigenvalue weighted by Crippen LogP contribution is 2.48. The second-order valence-corrected chi connectivity index (χ2v) is 6.38. The van der Waals surface area contributed by atoms with Gasteiger partial charge in [0, 0.05) is 6.54 Å². The van der Waals surface area contributed by atoms with Gasteiger partial charge in [-0.1, -0.05) is 44.2 Å². The summed E-state index contributed by atoms with van der Waals surface area (Å²) in [6.07, 6.45) is 2.48. The first-order valence-corrected chi connectivity index (χ1v) is 7.22. The van der Waals surface area contributed by atoms with Gasteiger partial charge in [0.05, 0.1) is 12.1 Å². The van der Waals surface area contributed by atoms with E-state index in [0.29, 0.717) is 0 Å². The Morgan fingerprint density at radius 3 is 2.63 bits per heavy atom. The Morgan fingerprint density at radius 1 is 1.32 bits per heavy atom. The molecule has 1 heterocycles. The van der Waals surface area contributed by atoms with E-state index in [0.717, 1.165) is 30.9 Å². The number of rotatable bonds is 3. The first-order chi connectivity index (χ1) is 9.11. The van der Waals surface area contributed by atoms with E-state index in [1.165, 1.54) is 18.4 Å². The molecule has 3 heteroatoms. The van der Waals surface area contributed by atoms with Crippen LogP contribution in [-0.2, 0) is 6.54 Å². The molecule has 1 fully saturated rings. The number of aliphatic imine (C=N–C) groups is 1. The Morgan fingerprint density at radius 2 is 2.00 bits per heavy atom. The van der Waals surface area contributed by atoms with E-state index in [2.05, 4.69) is 54.1 Å². The summed E-state index contributed by atoms with van der Waals surface area (Å²) in [5.74, 6) is 2.33. The predicted octanol–water partition coefficient (Wildman–Crippen LogP) is 2.62. The summed E-state index contributed by atoms with van der Waals surface area (Å²) >= 11 is 0. The normalized spacial score (nSPS) is 29.7. The fourth-order valence-electron chi connectivity index (χ4n) is 3.39. The second-order valence-electron chi connectivity index (χ2n) is 6.38. The number of hydrogen-bond donors (Lipinski definition) is 1. The fourth-order valence-corrected chi connectivity index (χ4v) is 3.39. The molecule has 102 valence electrons. The van der Waals surface area contributed by atoms with Crippen molar-refractivity contribution >= 4 is 5.96 Å². The van der Waals surface area contributed by atoms with Crippen LogP contribution in [0, 0.1) is 11.8 Å². The van der Waals surface area contributed by atoms with E-state index in [1.54, 1.807) is 0 Å². The maximum atomic E-state index is 6.11. The summed E-state index contributed by atoms with van der Waals surface area (Å²) in [4.78, 5) is 6.84. The van der Waals surface area contributed by atoms with E-state index in [4.69, 9.17) is 5.73 Å². The Balaban J connectivity index is 1.74. The lowest BCUT2D eigenvalue weighted by atomic mass is 9.63. The molecule has 0 amide bonds. The Labute approximate surface area is 115 Å². The average Bonchev–Trinajstić information content (AvgIpc) is 2.67. The van der Waals surface area contributed by atoms with Crippen LogP contribution in [0.3, 0.4) is 0 Å². The van der Waals surface area contributed by atoms with E-state index in [1.807, 2.05) is 0 Å². The molecule has 0 bridgehead atoms. The maximum Gasteiger partial charge on any atom is 0.192 e. The van der Waals surface area contributed by atoms with Crippen LogP contribution < -0.4 is 5.73 Å². The standard InChI is InChI=1S/C16H23N3/c1-12(2)14-8-16(9-14)11-18-15(17)19(16)10-13-6-4-3-5-7-13/h3-7,12,14H,8-11H2,1-2H3,(H2,17,18). The molecule has 1 saturated carbocycles. The summed E-state index contributed by atoms with van der Waals surface area (Å²) in [7, 11) is 0. The zero-order chi connectivity index (χ0) is 13.5. The van der Waals surface area contributed by atoms with Crippen LogP contribution in [0.1, 0.15) is 32.3 Å². The number of nitrogens with two attached hydrogens (primary N) is 1. The topological polar surface area (TPSA) is 41.6 Å². The highest BCUT2D eigenvalue weighted by atomic mass is 15.4. The van der Waals surface area contributed by atoms with Gasteiger partial charge in [0.25, 0.3) is 0 Å². The molecule has 2 N–H and O–H groups in total. The van der Waals surface area contributed by atoms with Crippen LogP contribution in [0.5, 0.6) is 0 Å². The third-order valence-electron chi connectivity index (χ3n) is 4.80. The molecule has 1 aliphatic carbocycles. The highest BCUT2D eigenvalue weighted by molar-refractivity contribution is 5.81. The Hall–Kier alpha value is -1.51. The van der Waals surface area contributed by atoms with Crippen LogP contribution in [0.15, 0.2) is 35.3 Å². The Bertz CT molecular complexity index is 472. The van der Waals surface area contributed by atoms with Gasteiger partial charge in [-0.2, -0.15) is 0 Å². The molecular weight excluding hydrogens is 234 g/mol. The van der Waals surface area contributed by atoms with Gasteiger partial charge in [-0.05, 0) is 30.2 Å². The largest absolute Gasteiger partial charge is 0.370 e. The molecule has 19 heavy (non-hydrogen) atoms. The van der Waals surface area contributed by atoms with Crippen molar-refractivity contribution in [3.8, 4) is 0 Å². The third-order valence-corrected chi connectivity index (χ3v) is 4.80. The highest BCUT2D eigenvalue weighted by Gasteiger charge is 2.52. The smallest absolute Gasteiger partial charge is 0.192 e. The van der Waals surface area contributed by atoms with Gasteiger partial charge in [-0.15, -0.1) is 0 Å². The maximum absolute atomic E-state index is 6.11. The molecule has 0 atom stereocenters. The molecule has 1 aromatic carbocycles. The molecule has 1 spiro atoms. The molecule has 3 nitrogen and oxygen atoms in total. The lowest BCUT2D eigenvalue weighted by Crippen LogP contribution is -2.59. The molecule has 0 radical (unpaired) electrons. The lowest BCUT2D eigenvalue weighted by Gasteiger charge is -2.52. The monoisotopic (exact) mass is 257 g/mol. The molecule has 2 aliphatic rings. The molecule has 0 aromatic heterocycles. The van der Waals surface area contributed by atoms with Crippen LogP contribution in [0.2, 0.25) is 0 Å². The van der Waals surface area contributed by atoms with Crippen molar-refractivity contribution in [1.29, 1.82) is 0 Å². The van der Waals surface area contributed by atoms with Crippen LogP contribution in [0.4, 0.5) is 0 Å². The first kappa shape index (κ1) is 12.5. The molecular formula is C16H23N3. The summed E-state index contributed by atoms with van der Waals surface area (Å²) in [5.41, 5.74) is 7.64.